The molecule has 162 valence electrons. The third-order valence-corrected chi connectivity index (χ3v) is 4.70. The van der Waals surface area contributed by atoms with Crippen molar-refractivity contribution in [1.82, 2.24) is 14.9 Å². The molecule has 2 aromatic rings. The maximum atomic E-state index is 12.2. The molecule has 7 heteroatoms. The number of nitrogens with one attached hydrogen (secondary N) is 1. The molecule has 0 bridgehead atoms. The summed E-state index contributed by atoms with van der Waals surface area (Å²) in [6.07, 6.45) is 1.74. The monoisotopic (exact) mass is 412 g/mol. The molecule has 1 amide bonds. The minimum atomic E-state index is -0.296. The van der Waals surface area contributed by atoms with Crippen LogP contribution in [0.3, 0.4) is 0 Å². The summed E-state index contributed by atoms with van der Waals surface area (Å²) in [5.74, 6) is 0.602. The Morgan fingerprint density at radius 2 is 2.00 bits per heavy atom. The Morgan fingerprint density at radius 1 is 1.27 bits per heavy atom. The normalized spacial score (nSPS) is 14.6. The van der Waals surface area contributed by atoms with Crippen LogP contribution in [0.2, 0.25) is 0 Å². The van der Waals surface area contributed by atoms with Crippen LogP contribution in [-0.2, 0) is 16.1 Å². The van der Waals surface area contributed by atoms with Gasteiger partial charge in [-0.05, 0) is 64.8 Å². The van der Waals surface area contributed by atoms with Gasteiger partial charge in [-0.25, -0.2) is 14.8 Å². The SMILES string of the molecule is Cc1cc(-c2ccnc(NC(C)(C)C)n2)ccc1COC(=O)N1CC(OC(C)C)C1. The summed E-state index contributed by atoms with van der Waals surface area (Å²) in [5, 5.41) is 3.29. The van der Waals surface area contributed by atoms with Gasteiger partial charge < -0.3 is 19.7 Å². The first kappa shape index (κ1) is 22.0. The maximum Gasteiger partial charge on any atom is 0.410 e. The van der Waals surface area contributed by atoms with Crippen molar-refractivity contribution in [1.29, 1.82) is 0 Å². The number of ether oxygens (including phenoxy) is 2. The van der Waals surface area contributed by atoms with E-state index in [1.165, 1.54) is 0 Å². The maximum absolute atomic E-state index is 12.2. The topological polar surface area (TPSA) is 76.6 Å². The van der Waals surface area contributed by atoms with Crippen LogP contribution in [-0.4, -0.2) is 51.8 Å². The number of carbonyl (C=O) groups is 1. The summed E-state index contributed by atoms with van der Waals surface area (Å²) < 4.78 is 11.2. The molecule has 0 aliphatic carbocycles. The second kappa shape index (κ2) is 9.00. The van der Waals surface area contributed by atoms with Crippen molar-refractivity contribution < 1.29 is 14.3 Å². The van der Waals surface area contributed by atoms with Crippen molar-refractivity contribution >= 4 is 12.0 Å². The van der Waals surface area contributed by atoms with Gasteiger partial charge in [0, 0.05) is 17.3 Å². The standard InChI is InChI=1S/C23H32N4O3/c1-15(2)30-19-12-27(13-19)22(28)29-14-18-8-7-17(11-16(18)3)20-9-10-24-21(25-20)26-23(4,5)6/h7-11,15,19H,12-14H2,1-6H3,(H,24,25,26). The third kappa shape index (κ3) is 5.92. The van der Waals surface area contributed by atoms with Crippen LogP contribution in [0.15, 0.2) is 30.5 Å². The Kier molecular flexibility index (Phi) is 6.61. The molecule has 1 N–H and O–H groups in total. The number of likely N-dealkylation sites (tertiary alicyclic amines) is 1. The average Bonchev–Trinajstić information content (AvgIpc) is 2.61. The predicted octanol–water partition coefficient (Wildman–Crippen LogP) is 4.41. The van der Waals surface area contributed by atoms with Gasteiger partial charge in [-0.3, -0.25) is 0 Å². The summed E-state index contributed by atoms with van der Waals surface area (Å²) >= 11 is 0. The Balaban J connectivity index is 1.58. The van der Waals surface area contributed by atoms with Gasteiger partial charge in [0.2, 0.25) is 5.95 Å². The lowest BCUT2D eigenvalue weighted by molar-refractivity contribution is -0.0752. The van der Waals surface area contributed by atoms with E-state index in [1.807, 2.05) is 39.0 Å². The van der Waals surface area contributed by atoms with Crippen LogP contribution >= 0.6 is 0 Å². The molecule has 1 aromatic carbocycles. The number of amides is 1. The summed E-state index contributed by atoms with van der Waals surface area (Å²) in [5.41, 5.74) is 3.76. The van der Waals surface area contributed by atoms with Crippen molar-refractivity contribution in [3.63, 3.8) is 0 Å². The van der Waals surface area contributed by atoms with E-state index in [0.29, 0.717) is 19.0 Å². The van der Waals surface area contributed by atoms with E-state index in [1.54, 1.807) is 11.1 Å². The van der Waals surface area contributed by atoms with Crippen LogP contribution < -0.4 is 5.32 Å². The highest BCUT2D eigenvalue weighted by Crippen LogP contribution is 2.23. The first-order chi connectivity index (χ1) is 14.1. The fraction of sp³-hybridized carbons (Fsp3) is 0.522. The zero-order valence-corrected chi connectivity index (χ0v) is 18.7. The van der Waals surface area contributed by atoms with Crippen LogP contribution in [0.4, 0.5) is 10.7 Å². The van der Waals surface area contributed by atoms with Crippen LogP contribution in [0.25, 0.3) is 11.3 Å². The summed E-state index contributed by atoms with van der Waals surface area (Å²) in [7, 11) is 0. The predicted molar refractivity (Wildman–Crippen MR) is 117 cm³/mol. The number of nitrogens with zero attached hydrogens (tertiary/aromatic N) is 3. The van der Waals surface area contributed by atoms with E-state index in [2.05, 4.69) is 42.1 Å². The minimum absolute atomic E-state index is 0.111. The first-order valence-corrected chi connectivity index (χ1v) is 10.4. The molecule has 1 aliphatic heterocycles. The highest BCUT2D eigenvalue weighted by Gasteiger charge is 2.33. The Labute approximate surface area is 178 Å². The van der Waals surface area contributed by atoms with Crippen molar-refractivity contribution in [2.75, 3.05) is 18.4 Å². The van der Waals surface area contributed by atoms with Crippen LogP contribution in [0, 0.1) is 6.92 Å². The van der Waals surface area contributed by atoms with E-state index >= 15 is 0 Å². The van der Waals surface area contributed by atoms with Gasteiger partial charge in [-0.15, -0.1) is 0 Å². The second-order valence-corrected chi connectivity index (χ2v) is 9.05. The lowest BCUT2D eigenvalue weighted by atomic mass is 10.0. The van der Waals surface area contributed by atoms with Gasteiger partial charge in [0.05, 0.1) is 31.0 Å². The summed E-state index contributed by atoms with van der Waals surface area (Å²) in [6, 6.07) is 7.93. The smallest absolute Gasteiger partial charge is 0.410 e. The zero-order valence-electron chi connectivity index (χ0n) is 18.7. The van der Waals surface area contributed by atoms with E-state index in [9.17, 15) is 4.79 Å². The average molecular weight is 413 g/mol. The molecule has 0 unspecified atom stereocenters. The Bertz CT molecular complexity index is 886. The fourth-order valence-electron chi connectivity index (χ4n) is 3.22. The van der Waals surface area contributed by atoms with E-state index in [-0.39, 0.29) is 30.4 Å². The fourth-order valence-corrected chi connectivity index (χ4v) is 3.22. The van der Waals surface area contributed by atoms with Crippen molar-refractivity contribution in [3.8, 4) is 11.3 Å². The van der Waals surface area contributed by atoms with Gasteiger partial charge in [0.1, 0.15) is 6.61 Å². The first-order valence-electron chi connectivity index (χ1n) is 10.4. The molecule has 3 rings (SSSR count). The molecule has 1 fully saturated rings. The number of rotatable bonds is 6. The molecule has 0 saturated carbocycles. The third-order valence-electron chi connectivity index (χ3n) is 4.70. The number of anilines is 1. The van der Waals surface area contributed by atoms with E-state index in [0.717, 1.165) is 22.4 Å². The molecular formula is C23H32N4O3. The summed E-state index contributed by atoms with van der Waals surface area (Å²) in [4.78, 5) is 22.8. The number of hydrogen-bond acceptors (Lipinski definition) is 6. The van der Waals surface area contributed by atoms with Gasteiger partial charge in [-0.1, -0.05) is 12.1 Å². The molecule has 1 saturated heterocycles. The van der Waals surface area contributed by atoms with Crippen molar-refractivity contribution in [2.45, 2.75) is 65.9 Å². The number of aryl methyl sites for hydroxylation is 1. The zero-order chi connectivity index (χ0) is 21.9. The molecule has 0 radical (unpaired) electrons. The molecule has 0 spiro atoms. The van der Waals surface area contributed by atoms with Crippen LogP contribution in [0.5, 0.6) is 0 Å². The minimum Gasteiger partial charge on any atom is -0.445 e. The van der Waals surface area contributed by atoms with Crippen LogP contribution in [0.1, 0.15) is 45.7 Å². The number of carbonyl (C=O) groups excluding carboxylic acids is 1. The highest BCUT2D eigenvalue weighted by atomic mass is 16.6. The lowest BCUT2D eigenvalue weighted by Crippen LogP contribution is -2.55. The Hall–Kier alpha value is -2.67. The molecule has 2 heterocycles. The molecule has 1 aliphatic rings. The molecule has 0 atom stereocenters. The van der Waals surface area contributed by atoms with E-state index in [4.69, 9.17) is 9.47 Å². The van der Waals surface area contributed by atoms with Gasteiger partial charge in [-0.2, -0.15) is 0 Å². The van der Waals surface area contributed by atoms with Gasteiger partial charge >= 0.3 is 6.09 Å². The van der Waals surface area contributed by atoms with E-state index < -0.39 is 0 Å². The van der Waals surface area contributed by atoms with Crippen molar-refractivity contribution in [3.05, 3.63) is 41.6 Å². The van der Waals surface area contributed by atoms with Gasteiger partial charge in [0.25, 0.3) is 0 Å². The molecule has 7 nitrogen and oxygen atoms in total. The largest absolute Gasteiger partial charge is 0.445 e. The molecular weight excluding hydrogens is 380 g/mol. The summed E-state index contributed by atoms with van der Waals surface area (Å²) in [6.45, 7) is 13.6. The molecule has 30 heavy (non-hydrogen) atoms. The van der Waals surface area contributed by atoms with Crippen molar-refractivity contribution in [2.24, 2.45) is 0 Å². The lowest BCUT2D eigenvalue weighted by Gasteiger charge is -2.38. The highest BCUT2D eigenvalue weighted by molar-refractivity contribution is 5.69. The second-order valence-electron chi connectivity index (χ2n) is 9.05. The van der Waals surface area contributed by atoms with Gasteiger partial charge in [0.15, 0.2) is 0 Å². The quantitative estimate of drug-likeness (QED) is 0.757. The molecule has 1 aromatic heterocycles. The Morgan fingerprint density at radius 3 is 2.63 bits per heavy atom. The number of aromatic nitrogens is 2. The number of benzene rings is 1. The number of hydrogen-bond donors (Lipinski definition) is 1.